The molecule has 1 N–H and O–H groups in total. The maximum Gasteiger partial charge on any atom is 0.236 e. The van der Waals surface area contributed by atoms with Crippen molar-refractivity contribution < 1.29 is 4.79 Å². The summed E-state index contributed by atoms with van der Waals surface area (Å²) in [5.41, 5.74) is 2.68. The Kier molecular flexibility index (Phi) is 5.60. The van der Waals surface area contributed by atoms with Gasteiger partial charge in [-0.25, -0.2) is 4.98 Å². The molecule has 0 spiro atoms. The van der Waals surface area contributed by atoms with E-state index in [9.17, 15) is 4.79 Å². The molecule has 0 unspecified atom stereocenters. The molecule has 23 heavy (non-hydrogen) atoms. The topological polar surface area (TPSA) is 67.8 Å². The summed E-state index contributed by atoms with van der Waals surface area (Å²) in [5, 5.41) is 11.7. The minimum atomic E-state index is -0.108. The fraction of sp³-hybridized carbons (Fsp3) is 0.143. The molecule has 0 saturated heterocycles. The molecule has 2 heterocycles. The van der Waals surface area contributed by atoms with Crippen LogP contribution in [0.1, 0.15) is 10.4 Å². The molecule has 3 aromatic rings. The normalized spacial score (nSPS) is 10.7. The Labute approximate surface area is 150 Å². The molecular formula is C14H11ClN4OS3. The molecule has 0 saturated carbocycles. The summed E-state index contributed by atoms with van der Waals surface area (Å²) in [6, 6.07) is 7.71. The summed E-state index contributed by atoms with van der Waals surface area (Å²) in [5.74, 6) is 0.179. The van der Waals surface area contributed by atoms with Gasteiger partial charge in [0.25, 0.3) is 0 Å². The lowest BCUT2D eigenvalue weighted by atomic mass is 10.1. The number of carbonyl (C=O) groups is 1. The van der Waals surface area contributed by atoms with Gasteiger partial charge >= 0.3 is 0 Å². The molecule has 0 atom stereocenters. The summed E-state index contributed by atoms with van der Waals surface area (Å²) in [6.45, 7) is 0. The van der Waals surface area contributed by atoms with Crippen molar-refractivity contribution in [2.45, 2.75) is 10.8 Å². The molecule has 3 rings (SSSR count). The van der Waals surface area contributed by atoms with Gasteiger partial charge in [0.05, 0.1) is 5.75 Å². The minimum absolute atomic E-state index is 0.108. The van der Waals surface area contributed by atoms with Crippen molar-refractivity contribution in [1.29, 1.82) is 0 Å². The zero-order valence-electron chi connectivity index (χ0n) is 11.7. The zero-order valence-corrected chi connectivity index (χ0v) is 14.9. The van der Waals surface area contributed by atoms with Crippen molar-refractivity contribution in [2.24, 2.45) is 0 Å². The van der Waals surface area contributed by atoms with Gasteiger partial charge in [-0.3, -0.25) is 4.79 Å². The number of anilines is 1. The molecule has 0 bridgehead atoms. The highest BCUT2D eigenvalue weighted by Crippen LogP contribution is 2.25. The third-order valence-corrected chi connectivity index (χ3v) is 5.93. The molecule has 1 aromatic carbocycles. The van der Waals surface area contributed by atoms with Crippen LogP contribution in [0.3, 0.4) is 0 Å². The molecule has 1 amide bonds. The number of hydrogen-bond donors (Lipinski definition) is 1. The van der Waals surface area contributed by atoms with E-state index in [0.717, 1.165) is 19.8 Å². The SMILES string of the molecule is O=C(CSc1nncs1)Nc1ncc(Cc2ccccc2Cl)s1. The van der Waals surface area contributed by atoms with Crippen molar-refractivity contribution in [3.05, 3.63) is 51.4 Å². The first-order chi connectivity index (χ1) is 11.2. The number of nitrogens with one attached hydrogen (secondary N) is 1. The zero-order chi connectivity index (χ0) is 16.1. The van der Waals surface area contributed by atoms with Crippen LogP contribution in [0.15, 0.2) is 40.3 Å². The summed E-state index contributed by atoms with van der Waals surface area (Å²) < 4.78 is 0.777. The van der Waals surface area contributed by atoms with Crippen LogP contribution in [-0.4, -0.2) is 26.8 Å². The standard InChI is InChI=1S/C14H11ClN4OS3/c15-11-4-2-1-3-9(11)5-10-6-16-13(23-10)18-12(20)7-21-14-19-17-8-22-14/h1-4,6,8H,5,7H2,(H,16,18,20). The highest BCUT2D eigenvalue weighted by molar-refractivity contribution is 8.01. The molecule has 9 heteroatoms. The minimum Gasteiger partial charge on any atom is -0.301 e. The first-order valence-electron chi connectivity index (χ1n) is 6.57. The maximum atomic E-state index is 11.9. The van der Waals surface area contributed by atoms with Crippen molar-refractivity contribution in [3.8, 4) is 0 Å². The van der Waals surface area contributed by atoms with Gasteiger partial charge in [-0.05, 0) is 11.6 Å². The van der Waals surface area contributed by atoms with Gasteiger partial charge in [0.2, 0.25) is 5.91 Å². The largest absolute Gasteiger partial charge is 0.301 e. The van der Waals surface area contributed by atoms with E-state index in [1.54, 1.807) is 11.7 Å². The van der Waals surface area contributed by atoms with E-state index in [1.807, 2.05) is 24.3 Å². The highest BCUT2D eigenvalue weighted by atomic mass is 35.5. The maximum absolute atomic E-state index is 11.9. The molecule has 0 aliphatic heterocycles. The number of aromatic nitrogens is 3. The van der Waals surface area contributed by atoms with E-state index >= 15 is 0 Å². The number of rotatable bonds is 6. The third-order valence-electron chi connectivity index (χ3n) is 2.79. The second-order valence-electron chi connectivity index (χ2n) is 4.44. The van der Waals surface area contributed by atoms with Crippen LogP contribution >= 0.6 is 46.0 Å². The lowest BCUT2D eigenvalue weighted by Gasteiger charge is -2.01. The van der Waals surface area contributed by atoms with Crippen LogP contribution in [-0.2, 0) is 11.2 Å². The molecule has 0 fully saturated rings. The first kappa shape index (κ1) is 16.4. The van der Waals surface area contributed by atoms with Gasteiger partial charge in [0.1, 0.15) is 5.51 Å². The molecule has 0 aliphatic carbocycles. The fourth-order valence-electron chi connectivity index (χ4n) is 1.78. The van der Waals surface area contributed by atoms with Crippen molar-refractivity contribution in [3.63, 3.8) is 0 Å². The van der Waals surface area contributed by atoms with Gasteiger partial charge in [-0.1, -0.05) is 52.9 Å². The number of carbonyl (C=O) groups excluding carboxylic acids is 1. The number of thiazole rings is 1. The lowest BCUT2D eigenvalue weighted by molar-refractivity contribution is -0.113. The molecule has 5 nitrogen and oxygen atoms in total. The van der Waals surface area contributed by atoms with Crippen LogP contribution in [0, 0.1) is 0 Å². The molecular weight excluding hydrogens is 372 g/mol. The summed E-state index contributed by atoms with van der Waals surface area (Å²) in [7, 11) is 0. The Morgan fingerprint density at radius 2 is 2.22 bits per heavy atom. The summed E-state index contributed by atoms with van der Waals surface area (Å²) in [6.07, 6.45) is 2.47. The van der Waals surface area contributed by atoms with Crippen LogP contribution in [0.4, 0.5) is 5.13 Å². The van der Waals surface area contributed by atoms with E-state index in [2.05, 4.69) is 20.5 Å². The Bertz CT molecular complexity index is 791. The average Bonchev–Trinajstić information content (AvgIpc) is 3.19. The second kappa shape index (κ2) is 7.87. The number of thioether (sulfide) groups is 1. The van der Waals surface area contributed by atoms with Gasteiger partial charge < -0.3 is 5.32 Å². The van der Waals surface area contributed by atoms with Crippen molar-refractivity contribution in [1.82, 2.24) is 15.2 Å². The number of nitrogens with zero attached hydrogens (tertiary/aromatic N) is 3. The van der Waals surface area contributed by atoms with Crippen LogP contribution < -0.4 is 5.32 Å². The number of hydrogen-bond acceptors (Lipinski definition) is 7. The molecule has 0 radical (unpaired) electrons. The molecule has 118 valence electrons. The average molecular weight is 383 g/mol. The second-order valence-corrected chi connectivity index (χ2v) is 8.02. The fourth-order valence-corrected chi connectivity index (χ4v) is 4.13. The van der Waals surface area contributed by atoms with E-state index in [0.29, 0.717) is 11.6 Å². The smallest absolute Gasteiger partial charge is 0.236 e. The summed E-state index contributed by atoms with van der Waals surface area (Å²) in [4.78, 5) is 17.2. The first-order valence-corrected chi connectivity index (χ1v) is 9.63. The van der Waals surface area contributed by atoms with Crippen LogP contribution in [0.2, 0.25) is 5.02 Å². The Morgan fingerprint density at radius 3 is 3.00 bits per heavy atom. The number of halogens is 1. The van der Waals surface area contributed by atoms with Crippen molar-refractivity contribution >= 4 is 57.1 Å². The van der Waals surface area contributed by atoms with Gasteiger partial charge in [-0.2, -0.15) is 0 Å². The Morgan fingerprint density at radius 1 is 1.35 bits per heavy atom. The van der Waals surface area contributed by atoms with E-state index in [-0.39, 0.29) is 11.7 Å². The van der Waals surface area contributed by atoms with Gasteiger partial charge in [0.15, 0.2) is 9.47 Å². The predicted molar refractivity (Wildman–Crippen MR) is 95.6 cm³/mol. The Balaban J connectivity index is 1.54. The van der Waals surface area contributed by atoms with Crippen LogP contribution in [0.25, 0.3) is 0 Å². The quantitative estimate of drug-likeness (QED) is 0.653. The number of amides is 1. The molecule has 2 aromatic heterocycles. The Hall–Kier alpha value is -1.48. The number of benzene rings is 1. The van der Waals surface area contributed by atoms with Crippen LogP contribution in [0.5, 0.6) is 0 Å². The highest BCUT2D eigenvalue weighted by Gasteiger charge is 2.10. The van der Waals surface area contributed by atoms with Gasteiger partial charge in [0, 0.05) is 22.5 Å². The molecule has 0 aliphatic rings. The summed E-state index contributed by atoms with van der Waals surface area (Å²) >= 11 is 10.4. The predicted octanol–water partition coefficient (Wildman–Crippen LogP) is 3.97. The third kappa shape index (κ3) is 4.74. The van der Waals surface area contributed by atoms with Crippen molar-refractivity contribution in [2.75, 3.05) is 11.1 Å². The van der Waals surface area contributed by atoms with E-state index in [4.69, 9.17) is 11.6 Å². The van der Waals surface area contributed by atoms with E-state index in [1.165, 1.54) is 34.4 Å². The van der Waals surface area contributed by atoms with Gasteiger partial charge in [-0.15, -0.1) is 21.5 Å². The monoisotopic (exact) mass is 382 g/mol. The van der Waals surface area contributed by atoms with E-state index < -0.39 is 0 Å². The lowest BCUT2D eigenvalue weighted by Crippen LogP contribution is -2.13.